The number of amides is 1. The van der Waals surface area contributed by atoms with Crippen molar-refractivity contribution in [2.75, 3.05) is 0 Å². The summed E-state index contributed by atoms with van der Waals surface area (Å²) in [6.45, 7) is 1.62. The van der Waals surface area contributed by atoms with E-state index in [1.54, 1.807) is 6.92 Å². The summed E-state index contributed by atoms with van der Waals surface area (Å²) in [5, 5.41) is 5.35. The maximum absolute atomic E-state index is 13.6. The molecule has 0 saturated heterocycles. The highest BCUT2D eigenvalue weighted by Crippen LogP contribution is 2.28. The van der Waals surface area contributed by atoms with E-state index in [4.69, 9.17) is 0 Å². The SMILES string of the molecule is CC(C1=CC(=O)NC(S)N1)c1c(F)cccc1F. The molecule has 6 heteroatoms. The number of halogens is 2. The van der Waals surface area contributed by atoms with Crippen LogP contribution >= 0.6 is 12.6 Å². The standard InChI is InChI=1S/C12H12F2N2OS/c1-6(9-5-10(17)16-12(18)15-9)11-7(13)3-2-4-8(11)14/h2-6,12,15,18H,1H3,(H,16,17). The van der Waals surface area contributed by atoms with Gasteiger partial charge in [0.25, 0.3) is 0 Å². The van der Waals surface area contributed by atoms with Gasteiger partial charge in [-0.1, -0.05) is 13.0 Å². The Kier molecular flexibility index (Phi) is 3.56. The molecular formula is C12H12F2N2OS. The van der Waals surface area contributed by atoms with Crippen LogP contribution in [0.2, 0.25) is 0 Å². The lowest BCUT2D eigenvalue weighted by molar-refractivity contribution is -0.117. The minimum absolute atomic E-state index is 0.0634. The Morgan fingerprint density at radius 3 is 2.44 bits per heavy atom. The number of benzene rings is 1. The number of hydrogen-bond acceptors (Lipinski definition) is 3. The van der Waals surface area contributed by atoms with Gasteiger partial charge in [-0.15, -0.1) is 12.6 Å². The Balaban J connectivity index is 2.37. The molecule has 0 bridgehead atoms. The normalized spacial score (nSPS) is 20.8. The number of allylic oxidation sites excluding steroid dienone is 1. The van der Waals surface area contributed by atoms with E-state index < -0.39 is 23.1 Å². The molecule has 1 aromatic carbocycles. The highest BCUT2D eigenvalue weighted by Gasteiger charge is 2.24. The molecule has 18 heavy (non-hydrogen) atoms. The maximum Gasteiger partial charge on any atom is 0.247 e. The third-order valence-electron chi connectivity index (χ3n) is 2.77. The van der Waals surface area contributed by atoms with Gasteiger partial charge in [0.1, 0.15) is 17.1 Å². The summed E-state index contributed by atoms with van der Waals surface area (Å²) >= 11 is 4.07. The molecule has 0 aliphatic carbocycles. The third-order valence-corrected chi connectivity index (χ3v) is 3.03. The van der Waals surface area contributed by atoms with Crippen LogP contribution in [0.15, 0.2) is 30.0 Å². The summed E-state index contributed by atoms with van der Waals surface area (Å²) in [4.78, 5) is 11.3. The van der Waals surface area contributed by atoms with Crippen LogP contribution in [0.4, 0.5) is 8.78 Å². The Bertz CT molecular complexity index is 499. The minimum atomic E-state index is -0.633. The molecule has 3 nitrogen and oxygen atoms in total. The summed E-state index contributed by atoms with van der Waals surface area (Å²) in [5.74, 6) is -2.20. The molecule has 96 valence electrons. The van der Waals surface area contributed by atoms with Gasteiger partial charge in [0.15, 0.2) is 0 Å². The van der Waals surface area contributed by atoms with Crippen molar-refractivity contribution in [1.82, 2.24) is 10.6 Å². The average molecular weight is 270 g/mol. The van der Waals surface area contributed by atoms with Crippen molar-refractivity contribution >= 4 is 18.5 Å². The molecule has 1 aliphatic rings. The Hall–Kier alpha value is -1.56. The largest absolute Gasteiger partial charge is 0.360 e. The molecule has 0 radical (unpaired) electrons. The minimum Gasteiger partial charge on any atom is -0.360 e. The van der Waals surface area contributed by atoms with Crippen molar-refractivity contribution < 1.29 is 13.6 Å². The van der Waals surface area contributed by atoms with Crippen molar-refractivity contribution in [1.29, 1.82) is 0 Å². The molecule has 1 aliphatic heterocycles. The molecule has 2 unspecified atom stereocenters. The van der Waals surface area contributed by atoms with E-state index in [-0.39, 0.29) is 11.5 Å². The molecule has 1 aromatic rings. The van der Waals surface area contributed by atoms with E-state index in [0.29, 0.717) is 5.70 Å². The van der Waals surface area contributed by atoms with Crippen molar-refractivity contribution in [2.45, 2.75) is 18.3 Å². The van der Waals surface area contributed by atoms with Crippen LogP contribution < -0.4 is 10.6 Å². The first-order valence-corrected chi connectivity index (χ1v) is 5.91. The quantitative estimate of drug-likeness (QED) is 0.718. The first kappa shape index (κ1) is 12.9. The van der Waals surface area contributed by atoms with Crippen LogP contribution in [-0.2, 0) is 4.79 Å². The number of hydrogen-bond donors (Lipinski definition) is 3. The lowest BCUT2D eigenvalue weighted by Crippen LogP contribution is -2.45. The molecule has 1 amide bonds. The van der Waals surface area contributed by atoms with Gasteiger partial charge < -0.3 is 10.6 Å². The summed E-state index contributed by atoms with van der Waals surface area (Å²) in [7, 11) is 0. The first-order chi connectivity index (χ1) is 8.49. The molecule has 0 fully saturated rings. The Morgan fingerprint density at radius 1 is 1.28 bits per heavy atom. The molecule has 2 rings (SSSR count). The van der Waals surface area contributed by atoms with Crippen LogP contribution in [0.25, 0.3) is 0 Å². The van der Waals surface area contributed by atoms with E-state index in [1.807, 2.05) is 0 Å². The van der Waals surface area contributed by atoms with Gasteiger partial charge in [-0.25, -0.2) is 8.78 Å². The zero-order valence-corrected chi connectivity index (χ0v) is 10.5. The number of thiol groups is 1. The lowest BCUT2D eigenvalue weighted by atomic mass is 9.95. The smallest absolute Gasteiger partial charge is 0.247 e. The van der Waals surface area contributed by atoms with E-state index in [0.717, 1.165) is 0 Å². The highest BCUT2D eigenvalue weighted by molar-refractivity contribution is 7.80. The van der Waals surface area contributed by atoms with Crippen molar-refractivity contribution in [3.8, 4) is 0 Å². The first-order valence-electron chi connectivity index (χ1n) is 5.39. The van der Waals surface area contributed by atoms with Crippen LogP contribution in [0.5, 0.6) is 0 Å². The second kappa shape index (κ2) is 4.97. The van der Waals surface area contributed by atoms with Crippen LogP contribution in [0.1, 0.15) is 18.4 Å². The number of nitrogens with one attached hydrogen (secondary N) is 2. The van der Waals surface area contributed by atoms with Gasteiger partial charge in [0, 0.05) is 23.3 Å². The van der Waals surface area contributed by atoms with Crippen molar-refractivity contribution in [2.24, 2.45) is 0 Å². The predicted molar refractivity (Wildman–Crippen MR) is 66.9 cm³/mol. The van der Waals surface area contributed by atoms with Crippen LogP contribution in [0, 0.1) is 11.6 Å². The summed E-state index contributed by atoms with van der Waals surface area (Å²) in [6.07, 6.45) is 1.28. The van der Waals surface area contributed by atoms with Crippen LogP contribution in [-0.4, -0.2) is 11.4 Å². The topological polar surface area (TPSA) is 41.1 Å². The fourth-order valence-corrected chi connectivity index (χ4v) is 2.16. The van der Waals surface area contributed by atoms with Crippen LogP contribution in [0.3, 0.4) is 0 Å². The maximum atomic E-state index is 13.6. The van der Waals surface area contributed by atoms with Gasteiger partial charge in [-0.05, 0) is 12.1 Å². The van der Waals surface area contributed by atoms with Gasteiger partial charge >= 0.3 is 0 Å². The molecule has 0 aromatic heterocycles. The molecule has 0 spiro atoms. The second-order valence-electron chi connectivity index (χ2n) is 4.01. The lowest BCUT2D eigenvalue weighted by Gasteiger charge is -2.27. The van der Waals surface area contributed by atoms with Gasteiger partial charge in [0.05, 0.1) is 0 Å². The fourth-order valence-electron chi connectivity index (χ4n) is 1.88. The summed E-state index contributed by atoms with van der Waals surface area (Å²) in [6, 6.07) is 3.69. The number of rotatable bonds is 2. The molecule has 2 N–H and O–H groups in total. The van der Waals surface area contributed by atoms with E-state index >= 15 is 0 Å². The second-order valence-corrected chi connectivity index (χ2v) is 4.53. The summed E-state index contributed by atoms with van der Waals surface area (Å²) < 4.78 is 27.3. The molecule has 2 atom stereocenters. The Morgan fingerprint density at radius 2 is 1.89 bits per heavy atom. The third kappa shape index (κ3) is 2.48. The molecule has 0 saturated carbocycles. The van der Waals surface area contributed by atoms with Gasteiger partial charge in [-0.2, -0.15) is 0 Å². The molecule has 1 heterocycles. The zero-order valence-electron chi connectivity index (χ0n) is 9.58. The highest BCUT2D eigenvalue weighted by atomic mass is 32.1. The van der Waals surface area contributed by atoms with Gasteiger partial charge in [0.2, 0.25) is 5.91 Å². The number of carbonyl (C=O) groups excluding carboxylic acids is 1. The summed E-state index contributed by atoms with van der Waals surface area (Å²) in [5.41, 5.74) is -0.191. The van der Waals surface area contributed by atoms with E-state index in [1.165, 1.54) is 24.3 Å². The fraction of sp³-hybridized carbons (Fsp3) is 0.250. The average Bonchev–Trinajstić information content (AvgIpc) is 2.27. The van der Waals surface area contributed by atoms with E-state index in [2.05, 4.69) is 23.3 Å². The zero-order chi connectivity index (χ0) is 13.3. The van der Waals surface area contributed by atoms with Gasteiger partial charge in [-0.3, -0.25) is 4.79 Å². The van der Waals surface area contributed by atoms with Crippen molar-refractivity contribution in [3.63, 3.8) is 0 Å². The monoisotopic (exact) mass is 270 g/mol. The van der Waals surface area contributed by atoms with E-state index in [9.17, 15) is 13.6 Å². The predicted octanol–water partition coefficient (Wildman–Crippen LogP) is 1.88. The van der Waals surface area contributed by atoms with Crippen molar-refractivity contribution in [3.05, 3.63) is 47.2 Å². The Labute approximate surface area is 109 Å². The molecular weight excluding hydrogens is 258 g/mol. The number of carbonyl (C=O) groups is 1.